The third-order valence-electron chi connectivity index (χ3n) is 12.6. The Kier molecular flexibility index (Phi) is 23.3. The first-order valence-electron chi connectivity index (χ1n) is 24.0. The topological polar surface area (TPSA) is 460 Å². The molecule has 29 nitrogen and oxygen atoms in total. The Morgan fingerprint density at radius 1 is 0.548 bits per heavy atom. The average molecular weight is 1040 g/mol. The van der Waals surface area contributed by atoms with Crippen molar-refractivity contribution in [1.29, 1.82) is 0 Å². The van der Waals surface area contributed by atoms with Crippen LogP contribution in [0, 0.1) is 5.92 Å². The Morgan fingerprint density at radius 3 is 1.37 bits per heavy atom. The SMILES string of the molecule is CC(C)C[C@H](NC(=O)[C@@H]1CCCN1C(=O)[C@H](CO)NC(=O)[C@@H]1CCCN1C(=O)[C@@H](NC(=O)[C@@H]1CCCN1C(=O)[C@H](CO)NC(=O)[C@H](CC(N)=O)NC(=O)[C@H](CCC(=O)O)NC(=O)[C@@H](N)[C@@H](C)O)[C@@H](C)O)C(=O)O. The Morgan fingerprint density at radius 2 is 0.959 bits per heavy atom. The fourth-order valence-corrected chi connectivity index (χ4v) is 8.70. The Hall–Kier alpha value is -6.56. The number of primary amides is 1. The number of carbonyl (C=O) groups is 12. The highest BCUT2D eigenvalue weighted by molar-refractivity contribution is 6.00. The van der Waals surface area contributed by atoms with Gasteiger partial charge in [-0.05, 0) is 71.1 Å². The number of carbonyl (C=O) groups excluding carboxylic acids is 10. The maximum Gasteiger partial charge on any atom is 0.326 e. The molecule has 29 heteroatoms. The van der Waals surface area contributed by atoms with Crippen molar-refractivity contribution in [3.05, 3.63) is 0 Å². The van der Waals surface area contributed by atoms with Crippen LogP contribution < -0.4 is 43.4 Å². The molecule has 3 heterocycles. The van der Waals surface area contributed by atoms with Gasteiger partial charge in [0.2, 0.25) is 59.1 Å². The van der Waals surface area contributed by atoms with E-state index in [4.69, 9.17) is 11.5 Å². The lowest BCUT2D eigenvalue weighted by Crippen LogP contribution is -2.62. The molecule has 16 N–H and O–H groups in total. The summed E-state index contributed by atoms with van der Waals surface area (Å²) in [6.07, 6.45) is -3.85. The van der Waals surface area contributed by atoms with Gasteiger partial charge in [0, 0.05) is 26.1 Å². The van der Waals surface area contributed by atoms with Crippen molar-refractivity contribution in [2.24, 2.45) is 17.4 Å². The van der Waals surface area contributed by atoms with Crippen molar-refractivity contribution in [2.45, 2.75) is 165 Å². The summed E-state index contributed by atoms with van der Waals surface area (Å²) in [7, 11) is 0. The molecule has 73 heavy (non-hydrogen) atoms. The van der Waals surface area contributed by atoms with Gasteiger partial charge in [0.1, 0.15) is 60.4 Å². The van der Waals surface area contributed by atoms with Crippen molar-refractivity contribution in [1.82, 2.24) is 46.6 Å². The highest BCUT2D eigenvalue weighted by Crippen LogP contribution is 2.24. The summed E-state index contributed by atoms with van der Waals surface area (Å²) in [6.45, 7) is 3.84. The van der Waals surface area contributed by atoms with Crippen LogP contribution in [0.4, 0.5) is 0 Å². The van der Waals surface area contributed by atoms with E-state index < -0.39 is 176 Å². The number of rotatable bonds is 27. The third-order valence-corrected chi connectivity index (χ3v) is 12.6. The van der Waals surface area contributed by atoms with Gasteiger partial charge >= 0.3 is 11.9 Å². The number of hydrogen-bond acceptors (Lipinski definition) is 17. The summed E-state index contributed by atoms with van der Waals surface area (Å²) < 4.78 is 0. The van der Waals surface area contributed by atoms with Gasteiger partial charge in [-0.2, -0.15) is 0 Å². The molecule has 10 amide bonds. The number of carboxylic acid groups (broad SMARTS) is 2. The van der Waals surface area contributed by atoms with E-state index in [1.165, 1.54) is 13.8 Å². The second kappa shape index (κ2) is 28.0. The van der Waals surface area contributed by atoms with E-state index in [1.807, 2.05) is 0 Å². The van der Waals surface area contributed by atoms with E-state index in [0.29, 0.717) is 6.42 Å². The number of likely N-dealkylation sites (tertiary alicyclic amines) is 3. The summed E-state index contributed by atoms with van der Waals surface area (Å²) in [5, 5.41) is 73.6. The number of aliphatic hydroxyl groups is 4. The molecule has 0 aliphatic carbocycles. The number of aliphatic hydroxyl groups excluding tert-OH is 4. The Balaban J connectivity index is 1.72. The van der Waals surface area contributed by atoms with Crippen LogP contribution in [0.25, 0.3) is 0 Å². The molecular weight excluding hydrogens is 971 g/mol. The van der Waals surface area contributed by atoms with Crippen molar-refractivity contribution >= 4 is 71.0 Å². The second-order valence-corrected chi connectivity index (χ2v) is 18.8. The molecule has 0 aromatic rings. The molecule has 0 bridgehead atoms. The number of amides is 10. The predicted octanol–water partition coefficient (Wildman–Crippen LogP) is -7.19. The van der Waals surface area contributed by atoms with Crippen LogP contribution >= 0.6 is 0 Å². The highest BCUT2D eigenvalue weighted by atomic mass is 16.4. The molecule has 0 aromatic heterocycles. The van der Waals surface area contributed by atoms with E-state index >= 15 is 0 Å². The van der Waals surface area contributed by atoms with E-state index in [1.54, 1.807) is 13.8 Å². The zero-order chi connectivity index (χ0) is 55.0. The summed E-state index contributed by atoms with van der Waals surface area (Å²) in [4.78, 5) is 160. The first-order valence-corrected chi connectivity index (χ1v) is 24.0. The largest absolute Gasteiger partial charge is 0.481 e. The standard InChI is InChI=1S/C44H71N11O18/c1-20(2)16-25(44(72)73)49-37(65)28-8-5-13-53(28)42(70)27(19-57)51-38(66)29-9-7-15-55(29)43(71)34(22(4)59)52-39(67)30-10-6-14-54(30)41(69)26(18-56)50-36(64)24(17-31(45)60)48-35(63)23(11-12-32(61)62)47-40(68)33(46)21(3)58/h20-30,33-34,56-59H,5-19,46H2,1-4H3,(H2,45,60)(H,47,68)(H,48,63)(H,49,65)(H,50,64)(H,51,66)(H,52,67)(H,61,62)(H,72,73)/t21-,22-,23+,24+,25+,26+,27+,28+,29+,30+,33+,34+/m1/s1. The molecule has 3 saturated heterocycles. The van der Waals surface area contributed by atoms with Crippen LogP contribution in [0.3, 0.4) is 0 Å². The molecule has 3 rings (SSSR count). The number of nitrogens with zero attached hydrogens (tertiary/aromatic N) is 3. The van der Waals surface area contributed by atoms with Gasteiger partial charge in [0.15, 0.2) is 0 Å². The van der Waals surface area contributed by atoms with E-state index in [2.05, 4.69) is 31.9 Å². The molecule has 3 fully saturated rings. The van der Waals surface area contributed by atoms with Crippen LogP contribution in [-0.2, 0) is 57.5 Å². The lowest BCUT2D eigenvalue weighted by atomic mass is 10.0. The smallest absolute Gasteiger partial charge is 0.326 e. The fraction of sp³-hybridized carbons (Fsp3) is 0.727. The minimum absolute atomic E-state index is 0.00411. The maximum absolute atomic E-state index is 14.1. The van der Waals surface area contributed by atoms with Gasteiger partial charge in [0.25, 0.3) is 0 Å². The van der Waals surface area contributed by atoms with E-state index in [9.17, 15) is 88.2 Å². The molecule has 410 valence electrons. The van der Waals surface area contributed by atoms with Crippen LogP contribution in [-0.4, -0.2) is 222 Å². The van der Waals surface area contributed by atoms with E-state index in [-0.39, 0.29) is 64.1 Å². The van der Waals surface area contributed by atoms with Crippen LogP contribution in [0.1, 0.15) is 91.9 Å². The number of nitrogens with one attached hydrogen (secondary N) is 6. The van der Waals surface area contributed by atoms with Gasteiger partial charge in [0.05, 0.1) is 31.8 Å². The van der Waals surface area contributed by atoms with Gasteiger partial charge in [-0.15, -0.1) is 0 Å². The molecule has 0 spiro atoms. The number of carboxylic acids is 2. The summed E-state index contributed by atoms with van der Waals surface area (Å²) in [5.74, 6) is -12.7. The molecule has 12 atom stereocenters. The summed E-state index contributed by atoms with van der Waals surface area (Å²) >= 11 is 0. The number of aliphatic carboxylic acids is 2. The molecule has 3 aliphatic heterocycles. The Labute approximate surface area is 419 Å². The lowest BCUT2D eigenvalue weighted by molar-refractivity contribution is -0.147. The van der Waals surface area contributed by atoms with Gasteiger partial charge < -0.3 is 88.7 Å². The number of nitrogens with two attached hydrogens (primary N) is 2. The summed E-state index contributed by atoms with van der Waals surface area (Å²) in [6, 6.07) is -15.1. The average Bonchev–Trinajstić information content (AvgIpc) is 4.13. The molecule has 3 aliphatic rings. The highest BCUT2D eigenvalue weighted by Gasteiger charge is 2.45. The zero-order valence-electron chi connectivity index (χ0n) is 41.2. The summed E-state index contributed by atoms with van der Waals surface area (Å²) in [5.41, 5.74) is 10.9. The van der Waals surface area contributed by atoms with Crippen molar-refractivity contribution in [2.75, 3.05) is 32.8 Å². The normalized spacial score (nSPS) is 21.3. The number of hydrogen-bond donors (Lipinski definition) is 14. The van der Waals surface area contributed by atoms with Crippen molar-refractivity contribution < 1.29 is 88.2 Å². The first-order chi connectivity index (χ1) is 34.2. The van der Waals surface area contributed by atoms with Crippen LogP contribution in [0.15, 0.2) is 0 Å². The molecule has 0 aromatic carbocycles. The van der Waals surface area contributed by atoms with Gasteiger partial charge in [-0.3, -0.25) is 52.7 Å². The van der Waals surface area contributed by atoms with Gasteiger partial charge in [-0.1, -0.05) is 13.8 Å². The van der Waals surface area contributed by atoms with Crippen molar-refractivity contribution in [3.8, 4) is 0 Å². The first kappa shape index (κ1) is 60.7. The second-order valence-electron chi connectivity index (χ2n) is 18.8. The zero-order valence-corrected chi connectivity index (χ0v) is 41.2. The monoisotopic (exact) mass is 1040 g/mol. The van der Waals surface area contributed by atoms with E-state index in [0.717, 1.165) is 14.7 Å². The van der Waals surface area contributed by atoms with Crippen LogP contribution in [0.5, 0.6) is 0 Å². The van der Waals surface area contributed by atoms with Crippen LogP contribution in [0.2, 0.25) is 0 Å². The minimum Gasteiger partial charge on any atom is -0.481 e. The molecule has 0 saturated carbocycles. The molecule has 0 unspecified atom stereocenters. The van der Waals surface area contributed by atoms with Gasteiger partial charge in [-0.25, -0.2) is 4.79 Å². The third kappa shape index (κ3) is 17.0. The Bertz CT molecular complexity index is 2060. The molecule has 0 radical (unpaired) electrons. The van der Waals surface area contributed by atoms with Crippen molar-refractivity contribution in [3.63, 3.8) is 0 Å². The predicted molar refractivity (Wildman–Crippen MR) is 249 cm³/mol. The fourth-order valence-electron chi connectivity index (χ4n) is 8.70. The maximum atomic E-state index is 14.1. The lowest BCUT2D eigenvalue weighted by Gasteiger charge is -2.33. The molecular formula is C44H71N11O18. The minimum atomic E-state index is -1.87. The quantitative estimate of drug-likeness (QED) is 0.0363.